The number of aliphatic hydroxyl groups is 1. The van der Waals surface area contributed by atoms with E-state index in [2.05, 4.69) is 79.8 Å². The van der Waals surface area contributed by atoms with E-state index < -0.39 is 318 Å². The molecule has 0 saturated carbocycles. The number of benzene rings is 3. The summed E-state index contributed by atoms with van der Waals surface area (Å²) in [6, 6.07) is -4.75. The molecule has 0 aliphatic carbocycles. The number of primary amides is 2. The summed E-state index contributed by atoms with van der Waals surface area (Å²) in [6.45, 7) is 3.23. The zero-order chi connectivity index (χ0) is 103. The number of carbonyl (C=O) groups is 22. The van der Waals surface area contributed by atoms with Crippen LogP contribution in [-0.2, 0) is 125 Å². The molecule has 766 valence electrons. The molecule has 20 amide bonds. The second kappa shape index (κ2) is 57.4. The van der Waals surface area contributed by atoms with Gasteiger partial charge in [0.15, 0.2) is 6.10 Å². The Kier molecular flexibility index (Phi) is 46.7. The van der Waals surface area contributed by atoms with E-state index in [0.717, 1.165) is 23.5 Å². The van der Waals surface area contributed by atoms with Crippen LogP contribution in [0.4, 0.5) is 0 Å². The molecule has 4 aliphatic heterocycles. The molecule has 19 atom stereocenters. The van der Waals surface area contributed by atoms with E-state index in [1.54, 1.807) is 91.0 Å². The monoisotopic (exact) mass is 2010 g/mol. The van der Waals surface area contributed by atoms with Crippen LogP contribution in [0.3, 0.4) is 0 Å². The summed E-state index contributed by atoms with van der Waals surface area (Å²) in [5, 5.41) is 71.3. The Morgan fingerprint density at radius 2 is 0.943 bits per heavy atom. The fourth-order valence-electron chi connectivity index (χ4n) is 15.1. The lowest BCUT2D eigenvalue weighted by Gasteiger charge is -2.31. The van der Waals surface area contributed by atoms with Crippen molar-refractivity contribution in [3.63, 3.8) is 0 Å². The number of carboxylic acid groups (broad SMARTS) is 2. The third-order valence-corrected chi connectivity index (χ3v) is 26.8. The summed E-state index contributed by atoms with van der Waals surface area (Å²) in [4.78, 5) is 321. The van der Waals surface area contributed by atoms with Crippen LogP contribution >= 0.6 is 35.3 Å². The predicted molar refractivity (Wildman–Crippen MR) is 509 cm³/mol. The van der Waals surface area contributed by atoms with Crippen LogP contribution in [0.15, 0.2) is 91.0 Å². The van der Waals surface area contributed by atoms with Crippen molar-refractivity contribution < 1.29 is 121 Å². The van der Waals surface area contributed by atoms with E-state index in [-0.39, 0.29) is 83.8 Å². The summed E-state index contributed by atoms with van der Waals surface area (Å²) in [7, 11) is 0. The average molecular weight is 2020 g/mol. The van der Waals surface area contributed by atoms with Crippen LogP contribution in [0.5, 0.6) is 0 Å². The molecule has 0 spiro atoms. The van der Waals surface area contributed by atoms with Crippen LogP contribution in [0.2, 0.25) is 0 Å². The van der Waals surface area contributed by atoms with Gasteiger partial charge in [0.05, 0.1) is 25.6 Å². The van der Waals surface area contributed by atoms with Gasteiger partial charge in [-0.15, -0.1) is 0 Å². The van der Waals surface area contributed by atoms with Crippen molar-refractivity contribution in [2.24, 2.45) is 34.6 Å². The molecule has 3 unspecified atom stereocenters. The van der Waals surface area contributed by atoms with Gasteiger partial charge < -0.3 is 139 Å². The summed E-state index contributed by atoms with van der Waals surface area (Å²) in [6.07, 6.45) is -6.10. The van der Waals surface area contributed by atoms with Crippen molar-refractivity contribution in [3.05, 3.63) is 108 Å². The highest BCUT2D eigenvalue weighted by Gasteiger charge is 2.44. The summed E-state index contributed by atoms with van der Waals surface area (Å²) >= 11 is 1.95. The molecule has 4 aliphatic rings. The van der Waals surface area contributed by atoms with E-state index >= 15 is 38.4 Å². The molecule has 7 rings (SSSR count). The van der Waals surface area contributed by atoms with Crippen molar-refractivity contribution in [2.75, 3.05) is 62.3 Å². The van der Waals surface area contributed by atoms with Crippen LogP contribution < -0.4 is 119 Å². The van der Waals surface area contributed by atoms with E-state index in [4.69, 9.17) is 28.7 Å². The Morgan fingerprint density at radius 3 is 1.51 bits per heavy atom. The quantitative estimate of drug-likeness (QED) is 0.0350. The molecule has 4 heterocycles. The lowest BCUT2D eigenvalue weighted by atomic mass is 10.00. The first-order valence-electron chi connectivity index (χ1n) is 45.7. The summed E-state index contributed by atoms with van der Waals surface area (Å²) < 4.78 is 0. The Bertz CT molecular complexity index is 4890. The minimum Gasteiger partial charge on any atom is -0.480 e. The van der Waals surface area contributed by atoms with Crippen LogP contribution in [-0.4, -0.2) is 326 Å². The molecule has 4 fully saturated rings. The average Bonchev–Trinajstić information content (AvgIpc) is 1.59. The van der Waals surface area contributed by atoms with E-state index in [9.17, 15) is 82.4 Å². The number of rotatable bonds is 25. The van der Waals surface area contributed by atoms with Crippen molar-refractivity contribution in [3.8, 4) is 0 Å². The molecule has 0 aromatic heterocycles. The Morgan fingerprint density at radius 1 is 0.457 bits per heavy atom. The zero-order valence-electron chi connectivity index (χ0n) is 77.8. The largest absolute Gasteiger partial charge is 0.480 e. The number of aliphatic carboxylic acids is 2. The predicted octanol–water partition coefficient (Wildman–Crippen LogP) is -8.84. The Hall–Kier alpha value is -13.1. The molecular weight excluding hydrogens is 1890 g/mol. The second-order valence-electron chi connectivity index (χ2n) is 34.3. The number of carboxylic acids is 2. The van der Waals surface area contributed by atoms with E-state index in [1.165, 1.54) is 32.6 Å². The maximum Gasteiger partial charge on any atom is 0.335 e. The van der Waals surface area contributed by atoms with Gasteiger partial charge in [-0.1, -0.05) is 119 Å². The molecule has 3 aromatic rings. The standard InChI is InChI=1S/C89H127N23O25S3/c1-45(2)68-85(131)107-60-43-138-42-59(105-77(123)53(28-29-63(93)113)101-76(122)52(25-14-16-31-90)100-73(119)51(92)41-139-46(3)69(86(132)102-54(88(134)135)26-15-17-32-91)110-80(126)58(38-64(94)114)99-66(116)39-96-84(130)71(111-82(60)128)72(118)89(136)137)81(127)106-61-44-140-47(4)70(87(133)104-57(78(124)108-68)37-50-23-12-7-13-24-50)109-79(125)56(36-49-21-10-6-11-22-49)103-83(129)62-27-18-34-112(62)67(117)40-97-74(120)55(35-48-19-8-5-9-20-48)98-65(115)30-33-95-75(61)121/h5-13,19-24,45-47,51-62,68-72,118H,14-18,25-44,90-92H2,1-4H3,(H2,93,113)(H2,94,114)(H,95,121)(H,96,130)(H,97,120)(H,98,115)(H,99,116)(H,100,119)(H,101,122)(H,102,132)(H,103,129)(H,104,133)(H,105,123)(H,106,127)(H,107,131)(H,108,124)(H,109,125)(H,110,126)(H,111,128)(H,134,135)(H,136,137)/t46?,47?,51-,52-,53-,54-,55-,56-,57-,58-,59-,60-,61-,62-,68-,69-,70-,71-,72?/m0/s1. The minimum atomic E-state index is -2.98. The Labute approximate surface area is 819 Å². The number of carbonyl (C=O) groups excluding carboxylic acids is 20. The SMILES string of the molecule is CC(C)[C@@H]1NC(=O)[C@H](Cc2ccccc2)NC(=O)[C@H]2NC(=O)[C@H](Cc3ccccc3)NC(=O)[C@@H]3CCCN3C(=O)CNC(=O)[C@H](Cc3ccccc3)NC(=O)CCNC(=O)[C@H](CSC2C)NC(=O)[C@@H]2CSC[C@H](NC1=O)C(=O)N[C@@H](C(O)C(=O)O)C(=O)NCC(=O)N[C@@H](CC(N)=O)C(=O)N[C@H](C(=O)N[C@@H](CCCCN)C(=O)O)C(C)SC[C@H](N)C(=O)N[C@@H](CCCCN)C(=O)N[C@@H](CCC(N)=O)C(=O)N2. The number of nitrogens with two attached hydrogens (primary N) is 5. The van der Waals surface area contributed by atoms with Gasteiger partial charge in [-0.3, -0.25) is 95.9 Å². The topological polar surface area (TPSA) is 774 Å². The second-order valence-corrected chi connectivity index (χ2v) is 38.2. The smallest absolute Gasteiger partial charge is 0.335 e. The Balaban J connectivity index is 1.43. The van der Waals surface area contributed by atoms with Crippen LogP contribution in [0.25, 0.3) is 0 Å². The van der Waals surface area contributed by atoms with Gasteiger partial charge >= 0.3 is 11.9 Å². The number of hydrogen-bond donors (Lipinski definition) is 25. The fourth-order valence-corrected chi connectivity index (χ4v) is 18.4. The number of thioether (sulfide) groups is 3. The molecule has 30 N–H and O–H groups in total. The lowest BCUT2D eigenvalue weighted by Crippen LogP contribution is -2.63. The first kappa shape index (κ1) is 114. The highest BCUT2D eigenvalue weighted by Crippen LogP contribution is 2.24. The number of fused-ring (bicyclic) bond motifs is 9. The number of amides is 20. The minimum absolute atomic E-state index is 0.0261. The van der Waals surface area contributed by atoms with Crippen molar-refractivity contribution in [1.29, 1.82) is 0 Å². The normalized spacial score (nSPS) is 26.6. The molecule has 4 bridgehead atoms. The highest BCUT2D eigenvalue weighted by atomic mass is 32.2. The number of unbranched alkanes of at least 4 members (excludes halogenated alkanes) is 2. The van der Waals surface area contributed by atoms with Gasteiger partial charge in [0.2, 0.25) is 118 Å². The van der Waals surface area contributed by atoms with Gasteiger partial charge in [0.1, 0.15) is 90.6 Å². The van der Waals surface area contributed by atoms with Crippen molar-refractivity contribution >= 4 is 165 Å². The molecule has 0 radical (unpaired) electrons. The number of nitrogens with one attached hydrogen (secondary N) is 17. The molecule has 4 saturated heterocycles. The molecular formula is C89H127N23O25S3. The summed E-state index contributed by atoms with van der Waals surface area (Å²) in [5.74, 6) is -30.9. The summed E-state index contributed by atoms with van der Waals surface area (Å²) in [5.41, 5.74) is 30.7. The van der Waals surface area contributed by atoms with Crippen LogP contribution in [0, 0.1) is 5.92 Å². The van der Waals surface area contributed by atoms with E-state index in [1.807, 2.05) is 10.6 Å². The number of aliphatic hydroxyl groups excluding tert-OH is 1. The van der Waals surface area contributed by atoms with Gasteiger partial charge in [-0.25, -0.2) is 9.59 Å². The third kappa shape index (κ3) is 36.9. The third-order valence-electron chi connectivity index (χ3n) is 23.0. The van der Waals surface area contributed by atoms with Gasteiger partial charge in [0, 0.05) is 78.7 Å². The molecule has 51 heteroatoms. The first-order chi connectivity index (χ1) is 66.6. The van der Waals surface area contributed by atoms with Gasteiger partial charge in [0.25, 0.3) is 0 Å². The molecule has 140 heavy (non-hydrogen) atoms. The number of hydrogen-bond acceptors (Lipinski definition) is 29. The number of nitrogens with zero attached hydrogens (tertiary/aromatic N) is 1. The van der Waals surface area contributed by atoms with Crippen molar-refractivity contribution in [2.45, 2.75) is 237 Å². The highest BCUT2D eigenvalue weighted by molar-refractivity contribution is 8.00. The maximum absolute atomic E-state index is 15.8. The fraction of sp³-hybridized carbons (Fsp3) is 0.551. The lowest BCUT2D eigenvalue weighted by molar-refractivity contribution is -0.152. The van der Waals surface area contributed by atoms with Crippen molar-refractivity contribution in [1.82, 2.24) is 95.3 Å². The molecule has 3 aromatic carbocycles. The maximum atomic E-state index is 15.8. The first-order valence-corrected chi connectivity index (χ1v) is 49.0. The van der Waals surface area contributed by atoms with Crippen LogP contribution in [0.1, 0.15) is 121 Å². The van der Waals surface area contributed by atoms with Gasteiger partial charge in [-0.05, 0) is 93.5 Å². The van der Waals surface area contributed by atoms with E-state index in [0.29, 0.717) is 34.9 Å². The molecule has 48 nitrogen and oxygen atoms in total. The zero-order valence-corrected chi connectivity index (χ0v) is 80.2. The van der Waals surface area contributed by atoms with Gasteiger partial charge in [-0.2, -0.15) is 35.3 Å².